The van der Waals surface area contributed by atoms with Crippen molar-refractivity contribution in [1.82, 2.24) is 9.62 Å². The lowest BCUT2D eigenvalue weighted by Gasteiger charge is -2.21. The fourth-order valence-corrected chi connectivity index (χ4v) is 7.19. The molecule has 1 aromatic heterocycles. The van der Waals surface area contributed by atoms with Gasteiger partial charge in [0, 0.05) is 23.5 Å². The molecule has 5 rings (SSSR count). The van der Waals surface area contributed by atoms with Crippen LogP contribution >= 0.6 is 11.3 Å². The van der Waals surface area contributed by atoms with Gasteiger partial charge < -0.3 is 15.0 Å². The average Bonchev–Trinajstić information content (AvgIpc) is 3.41. The number of aryl methyl sites for hydroxylation is 1. The predicted octanol–water partition coefficient (Wildman–Crippen LogP) is 3.54. The van der Waals surface area contributed by atoms with E-state index >= 15 is 0 Å². The quantitative estimate of drug-likeness (QED) is 0.709. The van der Waals surface area contributed by atoms with Gasteiger partial charge in [-0.1, -0.05) is 18.2 Å². The Labute approximate surface area is 192 Å². The lowest BCUT2D eigenvalue weighted by molar-refractivity contribution is 0.161. The fourth-order valence-electron chi connectivity index (χ4n) is 4.74. The highest BCUT2D eigenvalue weighted by Crippen LogP contribution is 2.37. The molecular formula is C23H27N3O4S2. The molecule has 1 aliphatic carbocycles. The maximum absolute atomic E-state index is 12.9. The Balaban J connectivity index is 1.39. The normalized spacial score (nSPS) is 18.6. The third kappa shape index (κ3) is 4.22. The molecule has 2 aromatic rings. The molecule has 9 heteroatoms. The monoisotopic (exact) mass is 473 g/mol. The number of anilines is 1. The number of carbonyl (C=O) groups is 1. The molecule has 2 aliphatic heterocycles. The number of ether oxygens (including phenoxy) is 1. The van der Waals surface area contributed by atoms with Gasteiger partial charge in [-0.15, -0.1) is 11.3 Å². The number of hydrogen-bond acceptors (Lipinski definition) is 6. The van der Waals surface area contributed by atoms with E-state index in [1.807, 2.05) is 19.2 Å². The first-order valence-electron chi connectivity index (χ1n) is 11.0. The third-order valence-corrected chi connectivity index (χ3v) is 9.40. The predicted molar refractivity (Wildman–Crippen MR) is 126 cm³/mol. The first-order chi connectivity index (χ1) is 15.4. The van der Waals surface area contributed by atoms with E-state index in [0.29, 0.717) is 13.2 Å². The Bertz CT molecular complexity index is 1200. The summed E-state index contributed by atoms with van der Waals surface area (Å²) >= 11 is 1.26. The van der Waals surface area contributed by atoms with Crippen LogP contribution < -0.4 is 10.0 Å². The number of thiophene rings is 1. The number of likely N-dealkylation sites (N-methyl/N-ethyl adjacent to an activating group) is 1. The largest absolute Gasteiger partial charge is 0.377 e. The number of nitrogens with one attached hydrogen (secondary N) is 2. The number of carbonyl (C=O) groups excluding carboxylic acids is 1. The Morgan fingerprint density at radius 2 is 2.03 bits per heavy atom. The summed E-state index contributed by atoms with van der Waals surface area (Å²) in [5.74, 6) is 0. The van der Waals surface area contributed by atoms with Crippen molar-refractivity contribution in [3.8, 4) is 0 Å². The zero-order chi connectivity index (χ0) is 22.3. The highest BCUT2D eigenvalue weighted by Gasteiger charge is 2.27. The molecule has 0 bridgehead atoms. The second-order valence-electron chi connectivity index (χ2n) is 8.59. The summed E-state index contributed by atoms with van der Waals surface area (Å²) in [6.07, 6.45) is 6.51. The molecule has 0 fully saturated rings. The molecule has 0 radical (unpaired) electrons. The molecule has 0 unspecified atom stereocenters. The lowest BCUT2D eigenvalue weighted by Crippen LogP contribution is -2.34. The summed E-state index contributed by atoms with van der Waals surface area (Å²) < 4.78 is 33.8. The number of amides is 2. The number of fused-ring (bicyclic) bond motifs is 2. The van der Waals surface area contributed by atoms with Crippen molar-refractivity contribution in [2.24, 2.45) is 0 Å². The van der Waals surface area contributed by atoms with Crippen molar-refractivity contribution in [3.63, 3.8) is 0 Å². The average molecular weight is 474 g/mol. The molecule has 170 valence electrons. The molecule has 7 nitrogen and oxygen atoms in total. The molecule has 32 heavy (non-hydrogen) atoms. The number of nitrogens with zero attached hydrogens (tertiary/aromatic N) is 1. The summed E-state index contributed by atoms with van der Waals surface area (Å²) in [6.45, 7) is 2.82. The Kier molecular flexibility index (Phi) is 5.83. The number of benzene rings is 1. The van der Waals surface area contributed by atoms with Crippen LogP contribution in [0.4, 0.5) is 10.5 Å². The van der Waals surface area contributed by atoms with Gasteiger partial charge in [0.15, 0.2) is 0 Å². The Morgan fingerprint density at radius 3 is 2.84 bits per heavy atom. The zero-order valence-corrected chi connectivity index (χ0v) is 19.7. The highest BCUT2D eigenvalue weighted by atomic mass is 32.2. The first kappa shape index (κ1) is 21.6. The van der Waals surface area contributed by atoms with Crippen molar-refractivity contribution in [3.05, 3.63) is 51.4 Å². The van der Waals surface area contributed by atoms with Crippen LogP contribution in [0, 0.1) is 0 Å². The van der Waals surface area contributed by atoms with Crippen LogP contribution in [0.25, 0.3) is 5.57 Å². The SMILES string of the molecule is CN1CCc2sc(S(=O)(=O)NC(=O)Nc3c(C4=CCOCC4)ccc4c3CCC4)cc2C1. The molecule has 2 N–H and O–H groups in total. The number of rotatable bonds is 4. The van der Waals surface area contributed by atoms with Crippen molar-refractivity contribution in [2.45, 2.75) is 42.9 Å². The minimum atomic E-state index is -3.94. The Morgan fingerprint density at radius 1 is 1.16 bits per heavy atom. The third-order valence-electron chi connectivity index (χ3n) is 6.36. The van der Waals surface area contributed by atoms with Gasteiger partial charge in [-0.25, -0.2) is 17.9 Å². The second kappa shape index (κ2) is 8.62. The Hall–Kier alpha value is -2.20. The van der Waals surface area contributed by atoms with Gasteiger partial charge in [0.05, 0.1) is 18.9 Å². The molecule has 0 atom stereocenters. The summed E-state index contributed by atoms with van der Waals surface area (Å²) in [5, 5.41) is 2.89. The van der Waals surface area contributed by atoms with Crippen LogP contribution in [0.5, 0.6) is 0 Å². The molecule has 3 heterocycles. The second-order valence-corrected chi connectivity index (χ2v) is 11.6. The van der Waals surface area contributed by atoms with Gasteiger partial charge in [0.1, 0.15) is 4.21 Å². The van der Waals surface area contributed by atoms with Gasteiger partial charge in [-0.3, -0.25) is 0 Å². The summed E-state index contributed by atoms with van der Waals surface area (Å²) in [7, 11) is -1.92. The smallest absolute Gasteiger partial charge is 0.333 e. The molecule has 3 aliphatic rings. The summed E-state index contributed by atoms with van der Waals surface area (Å²) in [6, 6.07) is 5.14. The summed E-state index contributed by atoms with van der Waals surface area (Å²) in [4.78, 5) is 16.1. The van der Waals surface area contributed by atoms with Crippen LogP contribution in [0.15, 0.2) is 28.5 Å². The first-order valence-corrected chi connectivity index (χ1v) is 13.3. The number of sulfonamides is 1. The van der Waals surface area contributed by atoms with E-state index in [4.69, 9.17) is 4.74 Å². The lowest BCUT2D eigenvalue weighted by atomic mass is 9.95. The standard InChI is InChI=1S/C23H27N3O4S2/c1-26-10-7-20-17(14-26)13-21(31-20)32(28,29)25-23(27)24-22-18-4-2-3-15(18)5-6-19(22)16-8-11-30-12-9-16/h5-6,8,13H,2-4,7,9-12,14H2,1H3,(H2,24,25,27). The van der Waals surface area contributed by atoms with E-state index in [0.717, 1.165) is 78.0 Å². The highest BCUT2D eigenvalue weighted by molar-refractivity contribution is 7.92. The molecule has 0 spiro atoms. The van der Waals surface area contributed by atoms with Crippen LogP contribution in [0.3, 0.4) is 0 Å². The van der Waals surface area contributed by atoms with Crippen LogP contribution in [0.2, 0.25) is 0 Å². The van der Waals surface area contributed by atoms with E-state index in [2.05, 4.69) is 21.0 Å². The summed E-state index contributed by atoms with van der Waals surface area (Å²) in [5.41, 5.74) is 6.16. The topological polar surface area (TPSA) is 87.7 Å². The van der Waals surface area contributed by atoms with Crippen LogP contribution in [-0.4, -0.2) is 46.2 Å². The van der Waals surface area contributed by atoms with E-state index in [1.165, 1.54) is 16.9 Å². The maximum Gasteiger partial charge on any atom is 0.333 e. The zero-order valence-electron chi connectivity index (χ0n) is 18.1. The van der Waals surface area contributed by atoms with Gasteiger partial charge in [-0.05, 0) is 67.5 Å². The maximum atomic E-state index is 12.9. The molecule has 0 saturated carbocycles. The van der Waals surface area contributed by atoms with Gasteiger partial charge in [-0.2, -0.15) is 0 Å². The van der Waals surface area contributed by atoms with E-state index in [1.54, 1.807) is 6.07 Å². The van der Waals surface area contributed by atoms with E-state index < -0.39 is 16.1 Å². The van der Waals surface area contributed by atoms with Gasteiger partial charge in [0.2, 0.25) is 0 Å². The van der Waals surface area contributed by atoms with Crippen LogP contribution in [-0.2, 0) is 40.6 Å². The van der Waals surface area contributed by atoms with Crippen LogP contribution in [0.1, 0.15) is 40.0 Å². The minimum absolute atomic E-state index is 0.193. The minimum Gasteiger partial charge on any atom is -0.377 e. The van der Waals surface area contributed by atoms with Crippen molar-refractivity contribution in [2.75, 3.05) is 32.1 Å². The van der Waals surface area contributed by atoms with Gasteiger partial charge >= 0.3 is 6.03 Å². The van der Waals surface area contributed by atoms with Crippen molar-refractivity contribution in [1.29, 1.82) is 0 Å². The number of hydrogen-bond donors (Lipinski definition) is 2. The molecule has 1 aromatic carbocycles. The van der Waals surface area contributed by atoms with Crippen molar-refractivity contribution >= 4 is 38.7 Å². The van der Waals surface area contributed by atoms with Gasteiger partial charge in [0.25, 0.3) is 10.0 Å². The molecule has 2 amide bonds. The molecule has 0 saturated heterocycles. The fraction of sp³-hybridized carbons (Fsp3) is 0.435. The van der Waals surface area contributed by atoms with E-state index in [9.17, 15) is 13.2 Å². The number of urea groups is 1. The van der Waals surface area contributed by atoms with E-state index in [-0.39, 0.29) is 4.21 Å². The molecular weight excluding hydrogens is 446 g/mol. The van der Waals surface area contributed by atoms with Crippen molar-refractivity contribution < 1.29 is 17.9 Å².